The monoisotopic (exact) mass is 257 g/mol. The van der Waals surface area contributed by atoms with Crippen LogP contribution in [0.15, 0.2) is 0 Å². The number of morpholine rings is 1. The second-order valence-electron chi connectivity index (χ2n) is 4.77. The zero-order chi connectivity index (χ0) is 13.2. The first-order chi connectivity index (χ1) is 8.74. The predicted octanol–water partition coefficient (Wildman–Crippen LogP) is 0.213. The first-order valence-corrected chi connectivity index (χ1v) is 7.05. The Hall–Kier alpha value is -0.650. The minimum Gasteiger partial charge on any atom is -0.379 e. The van der Waals surface area contributed by atoms with Crippen LogP contribution < -0.4 is 10.6 Å². The topological polar surface area (TPSA) is 53.6 Å². The third-order valence-electron chi connectivity index (χ3n) is 3.15. The molecule has 0 radical (unpaired) electrons. The standard InChI is InChI=1S/C13H27N3O2/c1-3-5-15-13(17)12(2)14-6-4-7-16-8-10-18-11-9-16/h12,14H,3-11H2,1-2H3,(H,15,17). The van der Waals surface area contributed by atoms with Crippen molar-refractivity contribution in [1.29, 1.82) is 0 Å². The van der Waals surface area contributed by atoms with Crippen LogP contribution in [0.2, 0.25) is 0 Å². The van der Waals surface area contributed by atoms with E-state index in [4.69, 9.17) is 4.74 Å². The van der Waals surface area contributed by atoms with Crippen molar-refractivity contribution in [3.63, 3.8) is 0 Å². The smallest absolute Gasteiger partial charge is 0.236 e. The second kappa shape index (κ2) is 9.30. The molecular formula is C13H27N3O2. The van der Waals surface area contributed by atoms with Gasteiger partial charge in [-0.1, -0.05) is 6.92 Å². The lowest BCUT2D eigenvalue weighted by Crippen LogP contribution is -2.43. The van der Waals surface area contributed by atoms with Crippen molar-refractivity contribution in [2.24, 2.45) is 0 Å². The fraction of sp³-hybridized carbons (Fsp3) is 0.923. The van der Waals surface area contributed by atoms with E-state index in [1.807, 2.05) is 6.92 Å². The molecule has 5 heteroatoms. The fourth-order valence-electron chi connectivity index (χ4n) is 1.94. The Kier molecular flexibility index (Phi) is 7.96. The van der Waals surface area contributed by atoms with E-state index in [-0.39, 0.29) is 11.9 Å². The summed E-state index contributed by atoms with van der Waals surface area (Å²) in [6, 6.07) is -0.0961. The molecule has 0 aromatic carbocycles. The Balaban J connectivity index is 2.00. The fourth-order valence-corrected chi connectivity index (χ4v) is 1.94. The van der Waals surface area contributed by atoms with Crippen molar-refractivity contribution >= 4 is 5.91 Å². The van der Waals surface area contributed by atoms with Gasteiger partial charge in [0.1, 0.15) is 0 Å². The number of nitrogens with zero attached hydrogens (tertiary/aromatic N) is 1. The number of carbonyl (C=O) groups is 1. The summed E-state index contributed by atoms with van der Waals surface area (Å²) in [5.41, 5.74) is 0. The number of nitrogens with one attached hydrogen (secondary N) is 2. The van der Waals surface area contributed by atoms with Crippen molar-refractivity contribution in [3.8, 4) is 0 Å². The minimum atomic E-state index is -0.0961. The SMILES string of the molecule is CCCNC(=O)C(C)NCCCN1CCOCC1. The lowest BCUT2D eigenvalue weighted by molar-refractivity contribution is -0.122. The summed E-state index contributed by atoms with van der Waals surface area (Å²) in [5.74, 6) is 0.100. The largest absolute Gasteiger partial charge is 0.379 e. The normalized spacial score (nSPS) is 18.6. The average molecular weight is 257 g/mol. The van der Waals surface area contributed by atoms with E-state index in [0.717, 1.165) is 58.8 Å². The van der Waals surface area contributed by atoms with Gasteiger partial charge in [0.2, 0.25) is 5.91 Å². The van der Waals surface area contributed by atoms with Gasteiger partial charge in [0.05, 0.1) is 19.3 Å². The molecule has 1 unspecified atom stereocenters. The Morgan fingerprint density at radius 3 is 2.72 bits per heavy atom. The molecule has 1 heterocycles. The molecule has 0 aliphatic carbocycles. The molecule has 1 aliphatic heterocycles. The van der Waals surface area contributed by atoms with E-state index in [1.54, 1.807) is 0 Å². The van der Waals surface area contributed by atoms with Gasteiger partial charge in [0.25, 0.3) is 0 Å². The highest BCUT2D eigenvalue weighted by Crippen LogP contribution is 1.97. The van der Waals surface area contributed by atoms with E-state index in [2.05, 4.69) is 22.5 Å². The van der Waals surface area contributed by atoms with E-state index in [1.165, 1.54) is 0 Å². The van der Waals surface area contributed by atoms with Gasteiger partial charge in [-0.2, -0.15) is 0 Å². The zero-order valence-electron chi connectivity index (χ0n) is 11.7. The molecule has 2 N–H and O–H groups in total. The van der Waals surface area contributed by atoms with Crippen LogP contribution in [0, 0.1) is 0 Å². The molecule has 1 atom stereocenters. The summed E-state index contributed by atoms with van der Waals surface area (Å²) >= 11 is 0. The maximum absolute atomic E-state index is 11.6. The summed E-state index contributed by atoms with van der Waals surface area (Å²) in [4.78, 5) is 14.0. The molecule has 5 nitrogen and oxygen atoms in total. The van der Waals surface area contributed by atoms with Crippen LogP contribution in [0.4, 0.5) is 0 Å². The van der Waals surface area contributed by atoms with Crippen molar-refractivity contribution in [1.82, 2.24) is 15.5 Å². The zero-order valence-corrected chi connectivity index (χ0v) is 11.7. The summed E-state index contributed by atoms with van der Waals surface area (Å²) in [5, 5.41) is 6.15. The Morgan fingerprint density at radius 1 is 1.33 bits per heavy atom. The molecule has 1 amide bonds. The third-order valence-corrected chi connectivity index (χ3v) is 3.15. The van der Waals surface area contributed by atoms with E-state index >= 15 is 0 Å². The highest BCUT2D eigenvalue weighted by molar-refractivity contribution is 5.81. The lowest BCUT2D eigenvalue weighted by Gasteiger charge is -2.26. The van der Waals surface area contributed by atoms with Crippen LogP contribution in [0.1, 0.15) is 26.7 Å². The molecule has 1 fully saturated rings. The molecule has 0 saturated carbocycles. The Bertz CT molecular complexity index is 230. The summed E-state index contributed by atoms with van der Waals surface area (Å²) in [7, 11) is 0. The van der Waals surface area contributed by atoms with Crippen LogP contribution in [0.5, 0.6) is 0 Å². The van der Waals surface area contributed by atoms with Gasteiger partial charge in [-0.05, 0) is 32.9 Å². The highest BCUT2D eigenvalue weighted by Gasteiger charge is 2.12. The molecule has 0 aromatic heterocycles. The van der Waals surface area contributed by atoms with E-state index in [9.17, 15) is 4.79 Å². The molecular weight excluding hydrogens is 230 g/mol. The summed E-state index contributed by atoms with van der Waals surface area (Å²) < 4.78 is 5.30. The van der Waals surface area contributed by atoms with Crippen molar-refractivity contribution in [3.05, 3.63) is 0 Å². The average Bonchev–Trinajstić information content (AvgIpc) is 2.41. The third kappa shape index (κ3) is 6.33. The van der Waals surface area contributed by atoms with Crippen LogP contribution in [-0.2, 0) is 9.53 Å². The van der Waals surface area contributed by atoms with Crippen molar-refractivity contribution in [2.45, 2.75) is 32.7 Å². The molecule has 106 valence electrons. The van der Waals surface area contributed by atoms with Gasteiger partial charge >= 0.3 is 0 Å². The van der Waals surface area contributed by atoms with E-state index in [0.29, 0.717) is 0 Å². The van der Waals surface area contributed by atoms with Crippen LogP contribution in [-0.4, -0.2) is 62.8 Å². The highest BCUT2D eigenvalue weighted by atomic mass is 16.5. The Labute approximate surface area is 110 Å². The second-order valence-corrected chi connectivity index (χ2v) is 4.77. The van der Waals surface area contributed by atoms with Crippen LogP contribution in [0.3, 0.4) is 0 Å². The number of amides is 1. The van der Waals surface area contributed by atoms with Gasteiger partial charge in [0, 0.05) is 19.6 Å². The predicted molar refractivity (Wildman–Crippen MR) is 72.6 cm³/mol. The molecule has 1 aliphatic rings. The lowest BCUT2D eigenvalue weighted by atomic mass is 10.2. The summed E-state index contributed by atoms with van der Waals surface area (Å²) in [6.45, 7) is 10.5. The van der Waals surface area contributed by atoms with Gasteiger partial charge in [-0.25, -0.2) is 0 Å². The Morgan fingerprint density at radius 2 is 2.06 bits per heavy atom. The maximum Gasteiger partial charge on any atom is 0.236 e. The molecule has 1 rings (SSSR count). The minimum absolute atomic E-state index is 0.0961. The molecule has 0 bridgehead atoms. The molecule has 0 aromatic rings. The van der Waals surface area contributed by atoms with Gasteiger partial charge in [-0.3, -0.25) is 9.69 Å². The van der Waals surface area contributed by atoms with Crippen LogP contribution in [0.25, 0.3) is 0 Å². The van der Waals surface area contributed by atoms with Crippen molar-refractivity contribution < 1.29 is 9.53 Å². The molecule has 1 saturated heterocycles. The van der Waals surface area contributed by atoms with Gasteiger partial charge in [0.15, 0.2) is 0 Å². The number of ether oxygens (including phenoxy) is 1. The number of carbonyl (C=O) groups excluding carboxylic acids is 1. The number of rotatable bonds is 8. The quantitative estimate of drug-likeness (QED) is 0.611. The van der Waals surface area contributed by atoms with Gasteiger partial charge in [-0.15, -0.1) is 0 Å². The van der Waals surface area contributed by atoms with Crippen LogP contribution >= 0.6 is 0 Å². The first-order valence-electron chi connectivity index (χ1n) is 7.05. The first kappa shape index (κ1) is 15.4. The number of hydrogen-bond donors (Lipinski definition) is 2. The number of hydrogen-bond acceptors (Lipinski definition) is 4. The maximum atomic E-state index is 11.6. The van der Waals surface area contributed by atoms with Gasteiger partial charge < -0.3 is 15.4 Å². The summed E-state index contributed by atoms with van der Waals surface area (Å²) in [6.07, 6.45) is 2.06. The molecule has 18 heavy (non-hydrogen) atoms. The molecule has 0 spiro atoms. The van der Waals surface area contributed by atoms with Crippen molar-refractivity contribution in [2.75, 3.05) is 45.9 Å². The van der Waals surface area contributed by atoms with E-state index < -0.39 is 0 Å².